The zero-order valence-electron chi connectivity index (χ0n) is 8.38. The van der Waals surface area contributed by atoms with E-state index in [4.69, 9.17) is 9.84 Å². The normalized spacial score (nSPS) is 10.6. The Morgan fingerprint density at radius 2 is 2.21 bits per heavy atom. The van der Waals surface area contributed by atoms with Gasteiger partial charge in [0.1, 0.15) is 5.75 Å². The number of rotatable bonds is 4. The van der Waals surface area contributed by atoms with E-state index in [2.05, 4.69) is 15.9 Å². The zero-order chi connectivity index (χ0) is 10.6. The number of hydrogen-bond acceptors (Lipinski definition) is 2. The van der Waals surface area contributed by atoms with Gasteiger partial charge < -0.3 is 9.84 Å². The van der Waals surface area contributed by atoms with Gasteiger partial charge in [0, 0.05) is 11.5 Å². The van der Waals surface area contributed by atoms with E-state index in [-0.39, 0.29) is 6.61 Å². The Hall–Kier alpha value is -0.540. The fraction of sp³-hybridized carbons (Fsp3) is 0.364. The third-order valence-corrected chi connectivity index (χ3v) is 2.58. The van der Waals surface area contributed by atoms with Crippen molar-refractivity contribution in [2.24, 2.45) is 0 Å². The first kappa shape index (κ1) is 11.5. The third-order valence-electron chi connectivity index (χ3n) is 1.95. The lowest BCUT2D eigenvalue weighted by Crippen LogP contribution is -2.04. The Labute approximate surface area is 93.0 Å². The summed E-state index contributed by atoms with van der Waals surface area (Å²) < 4.78 is 6.43. The van der Waals surface area contributed by atoms with Crippen LogP contribution in [-0.2, 0) is 0 Å². The zero-order valence-corrected chi connectivity index (χ0v) is 9.97. The van der Waals surface area contributed by atoms with Crippen molar-refractivity contribution >= 4 is 15.9 Å². The molecule has 1 rings (SSSR count). The lowest BCUT2D eigenvalue weighted by Gasteiger charge is -2.15. The molecule has 2 nitrogen and oxygen atoms in total. The first-order valence-electron chi connectivity index (χ1n) is 4.55. The van der Waals surface area contributed by atoms with Crippen molar-refractivity contribution in [3.63, 3.8) is 0 Å². The van der Waals surface area contributed by atoms with Crippen molar-refractivity contribution < 1.29 is 9.84 Å². The minimum Gasteiger partial charge on any atom is -0.492 e. The number of ether oxygens (including phenoxy) is 1. The van der Waals surface area contributed by atoms with E-state index in [0.717, 1.165) is 21.7 Å². The molecule has 1 radical (unpaired) electrons. The van der Waals surface area contributed by atoms with Gasteiger partial charge in [0.05, 0.1) is 17.7 Å². The van der Waals surface area contributed by atoms with Gasteiger partial charge in [-0.1, -0.05) is 19.1 Å². The minimum atomic E-state index is 0.0521. The van der Waals surface area contributed by atoms with Crippen molar-refractivity contribution in [2.75, 3.05) is 13.2 Å². The highest BCUT2D eigenvalue weighted by atomic mass is 79.9. The Kier molecular flexibility index (Phi) is 4.42. The van der Waals surface area contributed by atoms with E-state index >= 15 is 0 Å². The summed E-state index contributed by atoms with van der Waals surface area (Å²) in [5.74, 6) is 1.72. The highest BCUT2D eigenvalue weighted by molar-refractivity contribution is 9.10. The van der Waals surface area contributed by atoms with E-state index in [1.165, 1.54) is 0 Å². The van der Waals surface area contributed by atoms with Gasteiger partial charge in [-0.2, -0.15) is 0 Å². The second-order valence-electron chi connectivity index (χ2n) is 2.99. The lowest BCUT2D eigenvalue weighted by atomic mass is 10.0. The molecular weight excluding hydrogens is 244 g/mol. The van der Waals surface area contributed by atoms with Crippen LogP contribution in [0.3, 0.4) is 0 Å². The third kappa shape index (κ3) is 2.49. The summed E-state index contributed by atoms with van der Waals surface area (Å²) in [7, 11) is 0. The summed E-state index contributed by atoms with van der Waals surface area (Å²) in [6, 6.07) is 5.81. The van der Waals surface area contributed by atoms with Gasteiger partial charge in [0.2, 0.25) is 0 Å². The molecule has 0 unspecified atom stereocenters. The SMILES string of the molecule is CCOc1c(Br)cccc1[C](C)CO. The fourth-order valence-electron chi connectivity index (χ4n) is 1.22. The van der Waals surface area contributed by atoms with Crippen molar-refractivity contribution in [1.82, 2.24) is 0 Å². The molecule has 1 N–H and O–H groups in total. The number of para-hydroxylation sites is 1. The van der Waals surface area contributed by atoms with Gasteiger partial charge in [-0.05, 0) is 28.9 Å². The highest BCUT2D eigenvalue weighted by Gasteiger charge is 2.13. The minimum absolute atomic E-state index is 0.0521. The number of aliphatic hydroxyl groups excluding tert-OH is 1. The van der Waals surface area contributed by atoms with Gasteiger partial charge in [0.25, 0.3) is 0 Å². The smallest absolute Gasteiger partial charge is 0.137 e. The van der Waals surface area contributed by atoms with Crippen molar-refractivity contribution in [3.8, 4) is 5.75 Å². The molecule has 0 aromatic heterocycles. The van der Waals surface area contributed by atoms with Crippen molar-refractivity contribution in [2.45, 2.75) is 13.8 Å². The van der Waals surface area contributed by atoms with Gasteiger partial charge in [-0.15, -0.1) is 0 Å². The second-order valence-corrected chi connectivity index (χ2v) is 3.84. The maximum Gasteiger partial charge on any atom is 0.137 e. The average Bonchev–Trinajstić information content (AvgIpc) is 2.20. The van der Waals surface area contributed by atoms with Crippen LogP contribution in [0.2, 0.25) is 0 Å². The van der Waals surface area contributed by atoms with Crippen LogP contribution >= 0.6 is 15.9 Å². The maximum atomic E-state index is 9.06. The van der Waals surface area contributed by atoms with Crippen LogP contribution in [0, 0.1) is 5.92 Å². The average molecular weight is 258 g/mol. The molecule has 0 saturated carbocycles. The molecule has 0 bridgehead atoms. The van der Waals surface area contributed by atoms with E-state index in [1.54, 1.807) is 0 Å². The van der Waals surface area contributed by atoms with Crippen molar-refractivity contribution in [1.29, 1.82) is 0 Å². The van der Waals surface area contributed by atoms with Crippen LogP contribution in [0.5, 0.6) is 5.75 Å². The molecule has 14 heavy (non-hydrogen) atoms. The number of aliphatic hydroxyl groups is 1. The predicted molar refractivity (Wildman–Crippen MR) is 60.4 cm³/mol. The number of halogens is 1. The summed E-state index contributed by atoms with van der Waals surface area (Å²) in [5, 5.41) is 9.06. The van der Waals surface area contributed by atoms with E-state index in [1.807, 2.05) is 32.0 Å². The largest absolute Gasteiger partial charge is 0.492 e. The summed E-state index contributed by atoms with van der Waals surface area (Å²) in [5.41, 5.74) is 0.962. The molecule has 1 aromatic rings. The van der Waals surface area contributed by atoms with Crippen LogP contribution in [0.1, 0.15) is 19.4 Å². The van der Waals surface area contributed by atoms with Crippen LogP contribution in [0.15, 0.2) is 22.7 Å². The molecule has 0 aliphatic carbocycles. The Morgan fingerprint density at radius 1 is 1.50 bits per heavy atom. The van der Waals surface area contributed by atoms with Gasteiger partial charge in [-0.3, -0.25) is 0 Å². The molecule has 0 atom stereocenters. The first-order valence-corrected chi connectivity index (χ1v) is 5.35. The Bertz CT molecular complexity index is 299. The first-order chi connectivity index (χ1) is 6.70. The molecule has 77 valence electrons. The molecule has 0 fully saturated rings. The molecule has 0 spiro atoms. The second kappa shape index (κ2) is 5.37. The quantitative estimate of drug-likeness (QED) is 0.899. The molecular formula is C11H14BrO2. The number of hydrogen-bond donors (Lipinski definition) is 1. The molecule has 0 heterocycles. The summed E-state index contributed by atoms with van der Waals surface area (Å²) >= 11 is 3.43. The van der Waals surface area contributed by atoms with Crippen molar-refractivity contribution in [3.05, 3.63) is 34.2 Å². The van der Waals surface area contributed by atoms with Crippen LogP contribution < -0.4 is 4.74 Å². The summed E-state index contributed by atoms with van der Waals surface area (Å²) in [4.78, 5) is 0. The van der Waals surface area contributed by atoms with Gasteiger partial charge >= 0.3 is 0 Å². The predicted octanol–water partition coefficient (Wildman–Crippen LogP) is 2.78. The topological polar surface area (TPSA) is 29.5 Å². The van der Waals surface area contributed by atoms with Gasteiger partial charge in [-0.25, -0.2) is 0 Å². The fourth-order valence-corrected chi connectivity index (χ4v) is 1.70. The molecule has 0 aliphatic rings. The number of benzene rings is 1. The molecule has 0 saturated heterocycles. The van der Waals surface area contributed by atoms with Gasteiger partial charge in [0.15, 0.2) is 0 Å². The highest BCUT2D eigenvalue weighted by Crippen LogP contribution is 2.33. The monoisotopic (exact) mass is 257 g/mol. The van der Waals surface area contributed by atoms with E-state index in [0.29, 0.717) is 6.61 Å². The summed E-state index contributed by atoms with van der Waals surface area (Å²) in [6.07, 6.45) is 0. The summed E-state index contributed by atoms with van der Waals surface area (Å²) in [6.45, 7) is 4.51. The molecule has 3 heteroatoms. The molecule has 0 aliphatic heterocycles. The van der Waals surface area contributed by atoms with Crippen LogP contribution in [-0.4, -0.2) is 18.3 Å². The molecule has 1 aromatic carbocycles. The van der Waals surface area contributed by atoms with Crippen LogP contribution in [0.25, 0.3) is 0 Å². The van der Waals surface area contributed by atoms with E-state index in [9.17, 15) is 0 Å². The lowest BCUT2D eigenvalue weighted by molar-refractivity contribution is 0.306. The standard InChI is InChI=1S/C11H14BrO2/c1-3-14-11-9(8(2)7-13)5-4-6-10(11)12/h4-6,13H,3,7H2,1-2H3. The maximum absolute atomic E-state index is 9.06. The Morgan fingerprint density at radius 3 is 2.79 bits per heavy atom. The molecule has 0 amide bonds. The Balaban J connectivity index is 3.07. The van der Waals surface area contributed by atoms with E-state index < -0.39 is 0 Å². The van der Waals surface area contributed by atoms with Crippen LogP contribution in [0.4, 0.5) is 0 Å².